The van der Waals surface area contributed by atoms with Crippen molar-refractivity contribution in [1.82, 2.24) is 4.72 Å². The molecule has 5 heteroatoms. The predicted molar refractivity (Wildman–Crippen MR) is 88.7 cm³/mol. The Morgan fingerprint density at radius 3 is 2.10 bits per heavy atom. The Morgan fingerprint density at radius 2 is 1.62 bits per heavy atom. The van der Waals surface area contributed by atoms with Crippen molar-refractivity contribution in [2.24, 2.45) is 17.8 Å². The lowest BCUT2D eigenvalue weighted by molar-refractivity contribution is 0.289. The van der Waals surface area contributed by atoms with Crippen LogP contribution in [0.2, 0.25) is 0 Å². The summed E-state index contributed by atoms with van der Waals surface area (Å²) in [6.45, 7) is 12.5. The number of benzene rings is 1. The van der Waals surface area contributed by atoms with E-state index >= 15 is 0 Å². The SMILES string of the molecule is Cc1cc(N)c(C)c(S(=O)(=O)NCC(C(C)C)C(C)C)c1. The number of nitrogens with two attached hydrogens (primary N) is 1. The van der Waals surface area contributed by atoms with Crippen LogP contribution < -0.4 is 10.5 Å². The van der Waals surface area contributed by atoms with Gasteiger partial charge in [-0.25, -0.2) is 13.1 Å². The second-order valence-corrected chi connectivity index (χ2v) is 8.22. The number of hydrogen-bond donors (Lipinski definition) is 2. The van der Waals surface area contributed by atoms with Gasteiger partial charge in [-0.2, -0.15) is 0 Å². The van der Waals surface area contributed by atoms with E-state index in [-0.39, 0.29) is 4.90 Å². The third kappa shape index (κ3) is 4.45. The Labute approximate surface area is 129 Å². The van der Waals surface area contributed by atoms with E-state index in [0.717, 1.165) is 5.56 Å². The normalized spacial score (nSPS) is 12.6. The largest absolute Gasteiger partial charge is 0.398 e. The molecular formula is C16H28N2O2S. The van der Waals surface area contributed by atoms with Crippen LogP contribution in [0.25, 0.3) is 0 Å². The fourth-order valence-electron chi connectivity index (χ4n) is 2.66. The van der Waals surface area contributed by atoms with E-state index in [9.17, 15) is 8.42 Å². The van der Waals surface area contributed by atoms with Gasteiger partial charge in [0.25, 0.3) is 0 Å². The first kappa shape index (κ1) is 18.0. The Morgan fingerprint density at radius 1 is 1.10 bits per heavy atom. The summed E-state index contributed by atoms with van der Waals surface area (Å²) in [5, 5.41) is 0. The number of anilines is 1. The molecule has 0 spiro atoms. The molecule has 1 rings (SSSR count). The summed E-state index contributed by atoms with van der Waals surface area (Å²) >= 11 is 0. The Kier molecular flexibility index (Phi) is 5.82. The zero-order valence-corrected chi connectivity index (χ0v) is 14.7. The highest BCUT2D eigenvalue weighted by molar-refractivity contribution is 7.89. The second kappa shape index (κ2) is 6.79. The lowest BCUT2D eigenvalue weighted by Crippen LogP contribution is -2.34. The zero-order chi connectivity index (χ0) is 16.4. The fourth-order valence-corrected chi connectivity index (χ4v) is 4.09. The van der Waals surface area contributed by atoms with E-state index < -0.39 is 10.0 Å². The first-order chi connectivity index (χ1) is 9.56. The Bertz CT molecular complexity index is 585. The molecule has 0 amide bonds. The quantitative estimate of drug-likeness (QED) is 0.793. The third-order valence-electron chi connectivity index (χ3n) is 4.06. The lowest BCUT2D eigenvalue weighted by Gasteiger charge is -2.25. The van der Waals surface area contributed by atoms with E-state index in [4.69, 9.17) is 5.73 Å². The highest BCUT2D eigenvalue weighted by Crippen LogP contribution is 2.24. The average Bonchev–Trinajstić information content (AvgIpc) is 2.32. The van der Waals surface area contributed by atoms with Gasteiger partial charge >= 0.3 is 0 Å². The van der Waals surface area contributed by atoms with Gasteiger partial charge in [0.1, 0.15) is 0 Å². The molecule has 0 fully saturated rings. The topological polar surface area (TPSA) is 72.2 Å². The molecule has 0 bridgehead atoms. The van der Waals surface area contributed by atoms with Crippen LogP contribution in [0, 0.1) is 31.6 Å². The van der Waals surface area contributed by atoms with Gasteiger partial charge in [0.2, 0.25) is 10.0 Å². The summed E-state index contributed by atoms with van der Waals surface area (Å²) in [4.78, 5) is 0.284. The minimum atomic E-state index is -3.53. The Balaban J connectivity index is 3.03. The first-order valence-corrected chi connectivity index (χ1v) is 8.91. The summed E-state index contributed by atoms with van der Waals surface area (Å²) in [6, 6.07) is 3.47. The van der Waals surface area contributed by atoms with Crippen molar-refractivity contribution in [3.63, 3.8) is 0 Å². The van der Waals surface area contributed by atoms with Crippen LogP contribution in [-0.2, 0) is 10.0 Å². The van der Waals surface area contributed by atoms with E-state index in [0.29, 0.717) is 35.5 Å². The molecule has 21 heavy (non-hydrogen) atoms. The molecule has 0 aliphatic carbocycles. The van der Waals surface area contributed by atoms with Crippen LogP contribution in [0.5, 0.6) is 0 Å². The van der Waals surface area contributed by atoms with Gasteiger partial charge in [0.15, 0.2) is 0 Å². The molecule has 0 heterocycles. The van der Waals surface area contributed by atoms with Crippen LogP contribution in [0.3, 0.4) is 0 Å². The molecule has 0 aromatic heterocycles. The second-order valence-electron chi connectivity index (χ2n) is 6.48. The monoisotopic (exact) mass is 312 g/mol. The molecular weight excluding hydrogens is 284 g/mol. The number of sulfonamides is 1. The predicted octanol–water partition coefficient (Wildman–Crippen LogP) is 3.09. The van der Waals surface area contributed by atoms with E-state index in [1.54, 1.807) is 19.1 Å². The highest BCUT2D eigenvalue weighted by Gasteiger charge is 2.23. The van der Waals surface area contributed by atoms with Crippen LogP contribution in [0.1, 0.15) is 38.8 Å². The van der Waals surface area contributed by atoms with E-state index in [1.807, 2.05) is 6.92 Å². The van der Waals surface area contributed by atoms with Crippen LogP contribution >= 0.6 is 0 Å². The van der Waals surface area contributed by atoms with Gasteiger partial charge in [-0.05, 0) is 54.9 Å². The molecule has 0 saturated carbocycles. The van der Waals surface area contributed by atoms with Crippen LogP contribution in [0.4, 0.5) is 5.69 Å². The number of rotatable bonds is 6. The smallest absolute Gasteiger partial charge is 0.240 e. The molecule has 1 aromatic rings. The van der Waals surface area contributed by atoms with Crippen LogP contribution in [-0.4, -0.2) is 15.0 Å². The molecule has 4 nitrogen and oxygen atoms in total. The molecule has 0 aliphatic heterocycles. The number of aryl methyl sites for hydroxylation is 1. The van der Waals surface area contributed by atoms with Crippen LogP contribution in [0.15, 0.2) is 17.0 Å². The zero-order valence-electron chi connectivity index (χ0n) is 13.9. The lowest BCUT2D eigenvalue weighted by atomic mass is 9.86. The van der Waals surface area contributed by atoms with E-state index in [2.05, 4.69) is 32.4 Å². The minimum absolute atomic E-state index is 0.284. The number of nitrogen functional groups attached to an aromatic ring is 1. The molecule has 120 valence electrons. The standard InChI is InChI=1S/C16H28N2O2S/c1-10(2)14(11(3)4)9-18-21(19,20)16-8-12(5)7-15(17)13(16)6/h7-8,10-11,14,18H,9,17H2,1-6H3. The van der Waals surface area contributed by atoms with Crippen molar-refractivity contribution in [3.05, 3.63) is 23.3 Å². The maximum atomic E-state index is 12.5. The van der Waals surface area contributed by atoms with Crippen molar-refractivity contribution >= 4 is 15.7 Å². The molecule has 0 atom stereocenters. The fraction of sp³-hybridized carbons (Fsp3) is 0.625. The van der Waals surface area contributed by atoms with Crippen molar-refractivity contribution < 1.29 is 8.42 Å². The highest BCUT2D eigenvalue weighted by atomic mass is 32.2. The molecule has 1 aromatic carbocycles. The van der Waals surface area contributed by atoms with Crippen molar-refractivity contribution in [1.29, 1.82) is 0 Å². The summed E-state index contributed by atoms with van der Waals surface area (Å²) in [5.41, 5.74) is 7.85. The first-order valence-electron chi connectivity index (χ1n) is 7.42. The van der Waals surface area contributed by atoms with Gasteiger partial charge in [-0.3, -0.25) is 0 Å². The maximum Gasteiger partial charge on any atom is 0.240 e. The van der Waals surface area contributed by atoms with Gasteiger partial charge in [-0.15, -0.1) is 0 Å². The summed E-state index contributed by atoms with van der Waals surface area (Å²) in [7, 11) is -3.53. The van der Waals surface area contributed by atoms with Gasteiger partial charge in [0, 0.05) is 12.2 Å². The molecule has 0 saturated heterocycles. The van der Waals surface area contributed by atoms with Gasteiger partial charge in [0.05, 0.1) is 4.90 Å². The third-order valence-corrected chi connectivity index (χ3v) is 5.61. The number of nitrogens with one attached hydrogen (secondary N) is 1. The summed E-state index contributed by atoms with van der Waals surface area (Å²) in [5.74, 6) is 1.16. The molecule has 3 N–H and O–H groups in total. The van der Waals surface area contributed by atoms with Crippen molar-refractivity contribution in [2.45, 2.75) is 46.4 Å². The van der Waals surface area contributed by atoms with Gasteiger partial charge < -0.3 is 5.73 Å². The van der Waals surface area contributed by atoms with E-state index in [1.165, 1.54) is 0 Å². The minimum Gasteiger partial charge on any atom is -0.398 e. The molecule has 0 radical (unpaired) electrons. The van der Waals surface area contributed by atoms with Gasteiger partial charge in [-0.1, -0.05) is 27.7 Å². The summed E-state index contributed by atoms with van der Waals surface area (Å²) in [6.07, 6.45) is 0. The molecule has 0 unspecified atom stereocenters. The molecule has 0 aliphatic rings. The summed E-state index contributed by atoms with van der Waals surface area (Å²) < 4.78 is 27.8. The number of hydrogen-bond acceptors (Lipinski definition) is 3. The van der Waals surface area contributed by atoms with Crippen molar-refractivity contribution in [2.75, 3.05) is 12.3 Å². The average molecular weight is 312 g/mol. The van der Waals surface area contributed by atoms with Crippen molar-refractivity contribution in [3.8, 4) is 0 Å². The Hall–Kier alpha value is -1.07. The maximum absolute atomic E-state index is 12.5.